The molecule has 2 aromatic rings. The number of hydrogen-bond donors (Lipinski definition) is 1. The van der Waals surface area contributed by atoms with Gasteiger partial charge in [0.1, 0.15) is 6.61 Å². The zero-order valence-corrected chi connectivity index (χ0v) is 18.8. The standard InChI is InChI=1S/C28H33NO3/c30-28-11-10-21-15-27(28)12-13-29(16-19-6-7-19)24(28)14-22-8-9-23(26(25(22)27)32-18-21)31-17-20-4-2-1-3-5-20/h1-5,8-9,19,21,24,30H,6-7,10-18H2/t21-,24+,27+,28+/m0/s1. The predicted octanol–water partition coefficient (Wildman–Crippen LogP) is 4.47. The van der Waals surface area contributed by atoms with Crippen molar-refractivity contribution in [3.8, 4) is 11.5 Å². The Morgan fingerprint density at radius 2 is 1.94 bits per heavy atom. The van der Waals surface area contributed by atoms with Crippen molar-refractivity contribution < 1.29 is 14.6 Å². The smallest absolute Gasteiger partial charge is 0.165 e. The van der Waals surface area contributed by atoms with Gasteiger partial charge in [0.05, 0.1) is 12.2 Å². The lowest BCUT2D eigenvalue weighted by molar-refractivity contribution is -0.173. The summed E-state index contributed by atoms with van der Waals surface area (Å²) in [5.41, 5.74) is 2.99. The van der Waals surface area contributed by atoms with Crippen LogP contribution in [0.5, 0.6) is 11.5 Å². The van der Waals surface area contributed by atoms with E-state index in [-0.39, 0.29) is 11.5 Å². The maximum atomic E-state index is 12.4. The van der Waals surface area contributed by atoms with E-state index in [0.29, 0.717) is 12.5 Å². The van der Waals surface area contributed by atoms with E-state index in [4.69, 9.17) is 9.47 Å². The van der Waals surface area contributed by atoms with E-state index >= 15 is 0 Å². The van der Waals surface area contributed by atoms with E-state index in [2.05, 4.69) is 41.3 Å². The van der Waals surface area contributed by atoms with E-state index in [9.17, 15) is 5.11 Å². The van der Waals surface area contributed by atoms with Gasteiger partial charge in [-0.15, -0.1) is 0 Å². The van der Waals surface area contributed by atoms with Gasteiger partial charge in [0.15, 0.2) is 11.5 Å². The molecular weight excluding hydrogens is 398 g/mol. The molecular formula is C28H33NO3. The molecule has 1 saturated heterocycles. The van der Waals surface area contributed by atoms with Crippen LogP contribution in [0.1, 0.15) is 55.2 Å². The van der Waals surface area contributed by atoms with Crippen molar-refractivity contribution in [2.45, 2.75) is 68.6 Å². The molecule has 3 aliphatic carbocycles. The highest BCUT2D eigenvalue weighted by molar-refractivity contribution is 5.59. The molecule has 32 heavy (non-hydrogen) atoms. The van der Waals surface area contributed by atoms with E-state index < -0.39 is 5.60 Å². The van der Waals surface area contributed by atoms with Crippen LogP contribution in [0.25, 0.3) is 0 Å². The van der Waals surface area contributed by atoms with Crippen molar-refractivity contribution >= 4 is 0 Å². The molecule has 1 spiro atoms. The van der Waals surface area contributed by atoms with Gasteiger partial charge in [0.25, 0.3) is 0 Å². The lowest BCUT2D eigenvalue weighted by Gasteiger charge is -2.64. The van der Waals surface area contributed by atoms with Crippen molar-refractivity contribution in [3.63, 3.8) is 0 Å². The van der Waals surface area contributed by atoms with E-state index in [0.717, 1.165) is 68.2 Å². The summed E-state index contributed by atoms with van der Waals surface area (Å²) in [6.45, 7) is 3.55. The third-order valence-corrected chi connectivity index (χ3v) is 9.21. The Labute approximate surface area is 190 Å². The van der Waals surface area contributed by atoms with Crippen molar-refractivity contribution in [1.82, 2.24) is 4.90 Å². The van der Waals surface area contributed by atoms with Crippen LogP contribution in [0.2, 0.25) is 0 Å². The molecule has 4 atom stereocenters. The van der Waals surface area contributed by atoms with Gasteiger partial charge in [0, 0.05) is 23.6 Å². The number of likely N-dealkylation sites (tertiary alicyclic amines) is 1. The van der Waals surface area contributed by atoms with Gasteiger partial charge in [-0.05, 0) is 80.5 Å². The van der Waals surface area contributed by atoms with Crippen LogP contribution >= 0.6 is 0 Å². The van der Waals surface area contributed by atoms with Crippen LogP contribution < -0.4 is 9.47 Å². The Bertz CT molecular complexity index is 1030. The molecule has 5 aliphatic rings. The highest BCUT2D eigenvalue weighted by atomic mass is 16.5. The van der Waals surface area contributed by atoms with Gasteiger partial charge < -0.3 is 14.6 Å². The van der Waals surface area contributed by atoms with Crippen molar-refractivity contribution in [3.05, 3.63) is 59.2 Å². The highest BCUT2D eigenvalue weighted by Crippen LogP contribution is 2.63. The second-order valence-electron chi connectivity index (χ2n) is 11.0. The molecule has 2 aliphatic heterocycles. The average molecular weight is 432 g/mol. The Kier molecular flexibility index (Phi) is 4.24. The summed E-state index contributed by atoms with van der Waals surface area (Å²) in [5.74, 6) is 3.14. The molecule has 0 radical (unpaired) electrons. The fourth-order valence-corrected chi connectivity index (χ4v) is 7.47. The first-order chi connectivity index (χ1) is 15.7. The third-order valence-electron chi connectivity index (χ3n) is 9.21. The molecule has 2 heterocycles. The van der Waals surface area contributed by atoms with Gasteiger partial charge in [-0.2, -0.15) is 0 Å². The van der Waals surface area contributed by atoms with Crippen molar-refractivity contribution in [2.24, 2.45) is 11.8 Å². The Balaban J connectivity index is 1.31. The SMILES string of the molecule is O[C@@]12CC[C@@H]3COc4c(OCc5ccccc5)ccc5c4[C@@]1(CCN(CC1CC1)[C@@H]2C5)C3. The molecule has 7 rings (SSSR count). The van der Waals surface area contributed by atoms with Crippen LogP contribution in [0.4, 0.5) is 0 Å². The van der Waals surface area contributed by atoms with E-state index in [1.165, 1.54) is 30.5 Å². The molecule has 2 aromatic carbocycles. The first-order valence-electron chi connectivity index (χ1n) is 12.6. The second-order valence-corrected chi connectivity index (χ2v) is 11.0. The summed E-state index contributed by atoms with van der Waals surface area (Å²) in [6.07, 6.45) is 7.72. The van der Waals surface area contributed by atoms with Crippen LogP contribution in [-0.4, -0.2) is 41.3 Å². The zero-order valence-electron chi connectivity index (χ0n) is 18.8. The fourth-order valence-electron chi connectivity index (χ4n) is 7.47. The summed E-state index contributed by atoms with van der Waals surface area (Å²) in [4.78, 5) is 2.65. The number of benzene rings is 2. The molecule has 3 bridgehead atoms. The molecule has 168 valence electrons. The Morgan fingerprint density at radius 3 is 2.78 bits per heavy atom. The topological polar surface area (TPSA) is 41.9 Å². The number of rotatable bonds is 5. The zero-order chi connectivity index (χ0) is 21.3. The van der Waals surface area contributed by atoms with Gasteiger partial charge in [-0.25, -0.2) is 0 Å². The Hall–Kier alpha value is -2.04. The predicted molar refractivity (Wildman–Crippen MR) is 123 cm³/mol. The van der Waals surface area contributed by atoms with Gasteiger partial charge in [-0.1, -0.05) is 36.4 Å². The number of aliphatic hydroxyl groups is 1. The number of hydrogen-bond acceptors (Lipinski definition) is 4. The monoisotopic (exact) mass is 431 g/mol. The van der Waals surface area contributed by atoms with Crippen LogP contribution in [0.3, 0.4) is 0 Å². The number of fused-ring (bicyclic) bond motifs is 1. The van der Waals surface area contributed by atoms with Crippen molar-refractivity contribution in [1.29, 1.82) is 0 Å². The lowest BCUT2D eigenvalue weighted by atomic mass is 9.48. The fraction of sp³-hybridized carbons (Fsp3) is 0.571. The highest BCUT2D eigenvalue weighted by Gasteiger charge is 2.66. The summed E-state index contributed by atoms with van der Waals surface area (Å²) < 4.78 is 12.9. The minimum Gasteiger partial charge on any atom is -0.489 e. The first kappa shape index (κ1) is 19.4. The van der Waals surface area contributed by atoms with Gasteiger partial charge in [-0.3, -0.25) is 4.90 Å². The minimum absolute atomic E-state index is 0.188. The van der Waals surface area contributed by atoms with Gasteiger partial charge >= 0.3 is 0 Å². The average Bonchev–Trinajstić information content (AvgIpc) is 3.64. The van der Waals surface area contributed by atoms with Crippen LogP contribution in [0, 0.1) is 11.8 Å². The maximum absolute atomic E-state index is 12.4. The number of ether oxygens (including phenoxy) is 2. The number of nitrogens with zero attached hydrogens (tertiary/aromatic N) is 1. The summed E-state index contributed by atoms with van der Waals surface area (Å²) in [5, 5.41) is 12.4. The molecule has 4 heteroatoms. The van der Waals surface area contributed by atoms with Crippen LogP contribution in [0.15, 0.2) is 42.5 Å². The largest absolute Gasteiger partial charge is 0.489 e. The van der Waals surface area contributed by atoms with Crippen molar-refractivity contribution in [2.75, 3.05) is 19.7 Å². The first-order valence-corrected chi connectivity index (χ1v) is 12.6. The molecule has 1 N–H and O–H groups in total. The molecule has 0 unspecified atom stereocenters. The minimum atomic E-state index is -0.649. The molecule has 4 nitrogen and oxygen atoms in total. The second kappa shape index (κ2) is 6.98. The molecule has 3 fully saturated rings. The third kappa shape index (κ3) is 2.75. The summed E-state index contributed by atoms with van der Waals surface area (Å²) in [6, 6.07) is 15.0. The maximum Gasteiger partial charge on any atom is 0.165 e. The quantitative estimate of drug-likeness (QED) is 0.759. The van der Waals surface area contributed by atoms with E-state index in [1.807, 2.05) is 6.07 Å². The number of piperidine rings is 1. The summed E-state index contributed by atoms with van der Waals surface area (Å²) in [7, 11) is 0. The lowest BCUT2D eigenvalue weighted by Crippen LogP contribution is -2.73. The molecule has 2 saturated carbocycles. The van der Waals surface area contributed by atoms with Gasteiger partial charge in [0.2, 0.25) is 0 Å². The Morgan fingerprint density at radius 1 is 1.06 bits per heavy atom. The summed E-state index contributed by atoms with van der Waals surface area (Å²) >= 11 is 0. The molecule has 0 amide bonds. The molecule has 0 aromatic heterocycles. The van der Waals surface area contributed by atoms with E-state index in [1.54, 1.807) is 0 Å². The normalized spacial score (nSPS) is 35.0. The van der Waals surface area contributed by atoms with Crippen LogP contribution in [-0.2, 0) is 18.4 Å².